The van der Waals surface area contributed by atoms with Crippen LogP contribution in [0.2, 0.25) is 0 Å². The topological polar surface area (TPSA) is 211 Å². The van der Waals surface area contributed by atoms with Crippen LogP contribution in [0.1, 0.15) is 74.5 Å². The average molecular weight is 662 g/mol. The van der Waals surface area contributed by atoms with Gasteiger partial charge in [-0.25, -0.2) is 9.59 Å². The van der Waals surface area contributed by atoms with Gasteiger partial charge in [-0.1, -0.05) is 36.4 Å². The summed E-state index contributed by atoms with van der Waals surface area (Å²) in [5.41, 5.74) is 12.5. The molecular weight excluding hydrogens is 616 g/mol. The van der Waals surface area contributed by atoms with Gasteiger partial charge in [-0.2, -0.15) is 9.13 Å². The lowest BCUT2D eigenvalue weighted by atomic mass is 10.1. The van der Waals surface area contributed by atoms with Crippen molar-refractivity contribution in [1.82, 2.24) is 25.8 Å². The number of hydrogen-bond donors (Lipinski definition) is 6. The van der Waals surface area contributed by atoms with Crippen LogP contribution in [0.15, 0.2) is 73.2 Å². The first-order valence-corrected chi connectivity index (χ1v) is 16.0. The van der Waals surface area contributed by atoms with E-state index in [4.69, 9.17) is 11.5 Å². The summed E-state index contributed by atoms with van der Waals surface area (Å²) in [6.45, 7) is 1.78. The summed E-state index contributed by atoms with van der Waals surface area (Å²) in [5.74, 6) is -2.93. The number of hydrogen-bond acceptors (Lipinski definition) is 8. The fourth-order valence-electron chi connectivity index (χ4n) is 4.91. The Morgan fingerprint density at radius 3 is 1.62 bits per heavy atom. The van der Waals surface area contributed by atoms with Crippen LogP contribution >= 0.6 is 0 Å². The quantitative estimate of drug-likeness (QED) is 0.0830. The predicted molar refractivity (Wildman–Crippen MR) is 178 cm³/mol. The van der Waals surface area contributed by atoms with E-state index in [0.717, 1.165) is 0 Å². The highest BCUT2D eigenvalue weighted by molar-refractivity contribution is 5.98. The van der Waals surface area contributed by atoms with Gasteiger partial charge < -0.3 is 32.7 Å². The van der Waals surface area contributed by atoms with Crippen molar-refractivity contribution < 1.29 is 33.3 Å². The number of nitrogens with zero attached hydrogens (tertiary/aromatic N) is 2. The Morgan fingerprint density at radius 2 is 1.15 bits per heavy atom. The molecule has 3 aromatic rings. The Bertz CT molecular complexity index is 1540. The number of nitrogens with one attached hydrogen (secondary N) is 4. The number of aromatic nitrogens is 2. The van der Waals surface area contributed by atoms with Crippen molar-refractivity contribution in [2.75, 3.05) is 26.2 Å². The number of carbonyl (C=O) groups excluding carboxylic acids is 6. The van der Waals surface area contributed by atoms with Gasteiger partial charge >= 0.3 is 11.8 Å². The summed E-state index contributed by atoms with van der Waals surface area (Å²) in [6, 6.07) is 14.9. The molecule has 1 heterocycles. The number of benzene rings is 2. The average Bonchev–Trinajstić information content (AvgIpc) is 3.50. The molecule has 256 valence electrons. The molecule has 0 unspecified atom stereocenters. The predicted octanol–water partition coefficient (Wildman–Crippen LogP) is 0.452. The molecule has 48 heavy (non-hydrogen) atoms. The molecule has 2 aromatic carbocycles. The lowest BCUT2D eigenvalue weighted by Gasteiger charge is -2.16. The maximum absolute atomic E-state index is 13.7. The Hall–Kier alpha value is -5.21. The highest BCUT2D eigenvalue weighted by Gasteiger charge is 2.32. The maximum atomic E-state index is 13.7. The molecule has 0 bridgehead atoms. The summed E-state index contributed by atoms with van der Waals surface area (Å²) in [4.78, 5) is 77.7. The molecule has 0 aliphatic heterocycles. The fourth-order valence-corrected chi connectivity index (χ4v) is 4.91. The molecule has 1 aromatic heterocycles. The monoisotopic (exact) mass is 661 g/mol. The number of nitrogens with two attached hydrogens (primary N) is 2. The third-order valence-electron chi connectivity index (χ3n) is 7.49. The number of imidazole rings is 1. The van der Waals surface area contributed by atoms with Crippen LogP contribution in [0, 0.1) is 6.92 Å². The fraction of sp³-hybridized carbons (Fsp3) is 0.382. The zero-order valence-electron chi connectivity index (χ0n) is 27.2. The minimum absolute atomic E-state index is 0.284. The van der Waals surface area contributed by atoms with Crippen molar-refractivity contribution in [3.63, 3.8) is 0 Å². The van der Waals surface area contributed by atoms with E-state index >= 15 is 0 Å². The van der Waals surface area contributed by atoms with Gasteiger partial charge in [-0.3, -0.25) is 19.2 Å². The van der Waals surface area contributed by atoms with Gasteiger partial charge in [0.05, 0.1) is 13.1 Å². The second kappa shape index (κ2) is 19.5. The Morgan fingerprint density at radius 1 is 0.688 bits per heavy atom. The third kappa shape index (κ3) is 11.5. The first-order chi connectivity index (χ1) is 23.1. The SMILES string of the molecule is Cc1c[n+](C(=O)[C@H](CCCCN)NC(=O)CNC(=O)c2ccccc2)cn1C(=O)[C@H](CCCCN)NC(=O)CNC(=O)c1ccccc1. The summed E-state index contributed by atoms with van der Waals surface area (Å²) in [7, 11) is 0. The molecular formula is C34H45N8O6+. The molecule has 0 aliphatic rings. The standard InChI is InChI=1S/C34H44N8O6/c1-24-22-41(33(47)27(16-8-10-18-35)39-29(43)20-37-31(45)25-12-4-2-5-13-25)23-42(24)34(48)28(17-9-11-19-36)40-30(44)21-38-32(46)26-14-6-3-7-15-26/h2-7,12-15,22-23,27-28H,8-11,16-21,35-36H2,1H3,(H3-,37,38,39,40,43,44,45,46)/p+1/t27-,28-/m0/s1. The molecule has 0 saturated heterocycles. The number of amides is 4. The highest BCUT2D eigenvalue weighted by atomic mass is 16.2. The molecule has 2 atom stereocenters. The Balaban J connectivity index is 1.69. The van der Waals surface area contributed by atoms with Gasteiger partial charge in [-0.15, -0.1) is 0 Å². The molecule has 4 amide bonds. The molecule has 14 heteroatoms. The van der Waals surface area contributed by atoms with Crippen molar-refractivity contribution in [2.24, 2.45) is 11.5 Å². The molecule has 0 saturated carbocycles. The molecule has 0 fully saturated rings. The van der Waals surface area contributed by atoms with Crippen LogP contribution in [0.4, 0.5) is 0 Å². The van der Waals surface area contributed by atoms with E-state index in [-0.39, 0.29) is 25.9 Å². The molecule has 0 spiro atoms. The maximum Gasteiger partial charge on any atom is 0.336 e. The number of unbranched alkanes of at least 4 members (excludes halogenated alkanes) is 2. The van der Waals surface area contributed by atoms with Crippen LogP contribution in [0.5, 0.6) is 0 Å². The van der Waals surface area contributed by atoms with Crippen molar-refractivity contribution in [1.29, 1.82) is 0 Å². The molecule has 0 radical (unpaired) electrons. The van der Waals surface area contributed by atoms with Crippen molar-refractivity contribution >= 4 is 35.4 Å². The molecule has 14 nitrogen and oxygen atoms in total. The van der Waals surface area contributed by atoms with E-state index in [1.165, 1.54) is 21.7 Å². The van der Waals surface area contributed by atoms with Gasteiger partial charge in [0.15, 0.2) is 0 Å². The summed E-state index contributed by atoms with van der Waals surface area (Å²) < 4.78 is 2.49. The van der Waals surface area contributed by atoms with Gasteiger partial charge in [0.25, 0.3) is 18.1 Å². The minimum atomic E-state index is -0.958. The van der Waals surface area contributed by atoms with Crippen LogP contribution in [-0.2, 0) is 9.59 Å². The Labute approximate surface area is 279 Å². The van der Waals surface area contributed by atoms with Crippen LogP contribution in [-0.4, -0.2) is 78.3 Å². The van der Waals surface area contributed by atoms with E-state index < -0.39 is 47.5 Å². The number of aryl methyl sites for hydroxylation is 1. The largest absolute Gasteiger partial charge is 0.343 e. The van der Waals surface area contributed by atoms with Crippen molar-refractivity contribution in [3.05, 3.63) is 90.0 Å². The van der Waals surface area contributed by atoms with E-state index in [0.29, 0.717) is 55.6 Å². The summed E-state index contributed by atoms with van der Waals surface area (Å²) in [5, 5.41) is 10.5. The second-order valence-corrected chi connectivity index (χ2v) is 11.2. The van der Waals surface area contributed by atoms with Crippen LogP contribution < -0.4 is 37.3 Å². The van der Waals surface area contributed by atoms with Crippen molar-refractivity contribution in [3.8, 4) is 0 Å². The molecule has 8 N–H and O–H groups in total. The second-order valence-electron chi connectivity index (χ2n) is 11.2. The van der Waals surface area contributed by atoms with Gasteiger partial charge in [-0.05, 0) is 75.9 Å². The molecule has 3 rings (SSSR count). The molecule has 0 aliphatic carbocycles. The van der Waals surface area contributed by atoms with E-state index in [2.05, 4.69) is 21.3 Å². The van der Waals surface area contributed by atoms with Crippen LogP contribution in [0.25, 0.3) is 0 Å². The lowest BCUT2D eigenvalue weighted by Crippen LogP contribution is -2.56. The third-order valence-corrected chi connectivity index (χ3v) is 7.49. The zero-order chi connectivity index (χ0) is 34.9. The summed E-state index contributed by atoms with van der Waals surface area (Å²) in [6.07, 6.45) is 5.72. The van der Waals surface area contributed by atoms with Gasteiger partial charge in [0.1, 0.15) is 24.0 Å². The lowest BCUT2D eigenvalue weighted by molar-refractivity contribution is -0.574. The van der Waals surface area contributed by atoms with Gasteiger partial charge in [0.2, 0.25) is 11.8 Å². The number of rotatable bonds is 18. The minimum Gasteiger partial charge on any atom is -0.343 e. The zero-order valence-corrected chi connectivity index (χ0v) is 27.2. The highest BCUT2D eigenvalue weighted by Crippen LogP contribution is 2.08. The summed E-state index contributed by atoms with van der Waals surface area (Å²) >= 11 is 0. The first-order valence-electron chi connectivity index (χ1n) is 16.0. The van der Waals surface area contributed by atoms with E-state index in [9.17, 15) is 28.8 Å². The first kappa shape index (κ1) is 37.2. The van der Waals surface area contributed by atoms with E-state index in [1.807, 2.05) is 0 Å². The smallest absolute Gasteiger partial charge is 0.336 e. The van der Waals surface area contributed by atoms with Crippen molar-refractivity contribution in [2.45, 2.75) is 57.5 Å². The van der Waals surface area contributed by atoms with Crippen LogP contribution in [0.3, 0.4) is 0 Å². The Kier molecular flexibility index (Phi) is 15.1. The van der Waals surface area contributed by atoms with E-state index in [1.54, 1.807) is 67.6 Å². The normalized spacial score (nSPS) is 12.0. The van der Waals surface area contributed by atoms with Gasteiger partial charge in [0, 0.05) is 18.1 Å². The number of carbonyl (C=O) groups is 6.